The van der Waals surface area contributed by atoms with Gasteiger partial charge in [-0.25, -0.2) is 0 Å². The third kappa shape index (κ3) is 4.76. The van der Waals surface area contributed by atoms with Crippen molar-refractivity contribution in [1.82, 2.24) is 5.32 Å². The number of hydrogen-bond acceptors (Lipinski definition) is 3. The largest absolute Gasteiger partial charge is 0.497 e. The first-order chi connectivity index (χ1) is 12.6. The fourth-order valence-electron chi connectivity index (χ4n) is 2.83. The Morgan fingerprint density at radius 2 is 1.85 bits per heavy atom. The number of amides is 2. The molecule has 1 aliphatic carbocycles. The Labute approximate surface area is 157 Å². The van der Waals surface area contributed by atoms with Crippen LogP contribution in [0.3, 0.4) is 0 Å². The van der Waals surface area contributed by atoms with Gasteiger partial charge in [0.1, 0.15) is 5.75 Å². The molecule has 2 aromatic rings. The first kappa shape index (κ1) is 18.3. The van der Waals surface area contributed by atoms with Crippen LogP contribution in [0, 0.1) is 11.8 Å². The van der Waals surface area contributed by atoms with Crippen molar-refractivity contribution in [3.05, 3.63) is 59.1 Å². The van der Waals surface area contributed by atoms with Gasteiger partial charge in [0.2, 0.25) is 11.8 Å². The lowest BCUT2D eigenvalue weighted by atomic mass is 10.1. The lowest BCUT2D eigenvalue weighted by Crippen LogP contribution is -2.29. The van der Waals surface area contributed by atoms with Crippen molar-refractivity contribution < 1.29 is 14.3 Å². The van der Waals surface area contributed by atoms with Gasteiger partial charge < -0.3 is 15.4 Å². The Balaban J connectivity index is 1.42. The molecule has 1 fully saturated rings. The summed E-state index contributed by atoms with van der Waals surface area (Å²) < 4.78 is 5.19. The van der Waals surface area contributed by atoms with Gasteiger partial charge in [0.05, 0.1) is 18.9 Å². The molecule has 0 aromatic heterocycles. The van der Waals surface area contributed by atoms with Gasteiger partial charge in [0, 0.05) is 17.3 Å². The molecule has 6 heteroatoms. The predicted octanol–water partition coefficient (Wildman–Crippen LogP) is 3.28. The van der Waals surface area contributed by atoms with E-state index in [4.69, 9.17) is 16.3 Å². The van der Waals surface area contributed by atoms with E-state index >= 15 is 0 Å². The maximum absolute atomic E-state index is 12.2. The van der Waals surface area contributed by atoms with Crippen molar-refractivity contribution in [2.75, 3.05) is 19.0 Å². The molecule has 2 atom stereocenters. The van der Waals surface area contributed by atoms with Gasteiger partial charge in [-0.1, -0.05) is 23.7 Å². The van der Waals surface area contributed by atoms with Crippen molar-refractivity contribution >= 4 is 29.1 Å². The fourth-order valence-corrected chi connectivity index (χ4v) is 2.96. The average Bonchev–Trinajstić information content (AvgIpc) is 3.45. The lowest BCUT2D eigenvalue weighted by molar-refractivity contribution is -0.125. The fraction of sp³-hybridized carbons (Fsp3) is 0.300. The molecule has 2 unspecified atom stereocenters. The second kappa shape index (κ2) is 8.23. The first-order valence-corrected chi connectivity index (χ1v) is 8.91. The Kier molecular flexibility index (Phi) is 5.78. The summed E-state index contributed by atoms with van der Waals surface area (Å²) in [7, 11) is 1.63. The highest BCUT2D eigenvalue weighted by Gasteiger charge is 2.47. The number of benzene rings is 2. The third-order valence-corrected chi connectivity index (χ3v) is 4.67. The van der Waals surface area contributed by atoms with E-state index in [1.165, 1.54) is 0 Å². The standard InChI is InChI=1S/C20H21ClN2O3/c1-26-16-4-2-3-13(11-16)9-10-22-19(24)17-12-18(17)20(25)23-15-7-5-14(21)6-8-15/h2-8,11,17-18H,9-10,12H2,1H3,(H,22,24)(H,23,25). The Morgan fingerprint density at radius 3 is 2.58 bits per heavy atom. The van der Waals surface area contributed by atoms with E-state index in [0.29, 0.717) is 23.7 Å². The minimum atomic E-state index is -0.262. The van der Waals surface area contributed by atoms with Crippen LogP contribution in [0.2, 0.25) is 5.02 Å². The first-order valence-electron chi connectivity index (χ1n) is 8.54. The maximum atomic E-state index is 12.2. The zero-order chi connectivity index (χ0) is 18.5. The average molecular weight is 373 g/mol. The normalized spacial score (nSPS) is 18.1. The molecule has 3 rings (SSSR count). The summed E-state index contributed by atoms with van der Waals surface area (Å²) in [6, 6.07) is 14.7. The monoisotopic (exact) mass is 372 g/mol. The van der Waals surface area contributed by atoms with Gasteiger partial charge in [-0.15, -0.1) is 0 Å². The van der Waals surface area contributed by atoms with Crippen LogP contribution in [0.15, 0.2) is 48.5 Å². The molecule has 136 valence electrons. The van der Waals surface area contributed by atoms with Gasteiger partial charge in [-0.2, -0.15) is 0 Å². The van der Waals surface area contributed by atoms with Crippen LogP contribution in [0.5, 0.6) is 5.75 Å². The van der Waals surface area contributed by atoms with E-state index in [-0.39, 0.29) is 23.7 Å². The molecular formula is C20H21ClN2O3. The van der Waals surface area contributed by atoms with Crippen molar-refractivity contribution in [3.63, 3.8) is 0 Å². The Bertz CT molecular complexity index is 792. The minimum Gasteiger partial charge on any atom is -0.497 e. The van der Waals surface area contributed by atoms with E-state index < -0.39 is 0 Å². The number of anilines is 1. The summed E-state index contributed by atoms with van der Waals surface area (Å²) in [6.07, 6.45) is 1.31. The molecule has 2 N–H and O–H groups in total. The number of hydrogen-bond donors (Lipinski definition) is 2. The molecule has 0 bridgehead atoms. The van der Waals surface area contributed by atoms with Crippen LogP contribution in [0.4, 0.5) is 5.69 Å². The number of carbonyl (C=O) groups excluding carboxylic acids is 2. The number of carbonyl (C=O) groups is 2. The Morgan fingerprint density at radius 1 is 1.12 bits per heavy atom. The predicted molar refractivity (Wildman–Crippen MR) is 101 cm³/mol. The second-order valence-electron chi connectivity index (χ2n) is 6.34. The van der Waals surface area contributed by atoms with Gasteiger partial charge in [0.15, 0.2) is 0 Å². The number of ether oxygens (including phenoxy) is 1. The molecular weight excluding hydrogens is 352 g/mol. The van der Waals surface area contributed by atoms with E-state index in [1.807, 2.05) is 24.3 Å². The summed E-state index contributed by atoms with van der Waals surface area (Å²) in [5.74, 6) is 0.106. The molecule has 0 saturated heterocycles. The molecule has 0 spiro atoms. The summed E-state index contributed by atoms with van der Waals surface area (Å²) in [6.45, 7) is 0.536. The summed E-state index contributed by atoms with van der Waals surface area (Å²) in [5.41, 5.74) is 1.78. The highest BCUT2D eigenvalue weighted by atomic mass is 35.5. The van der Waals surface area contributed by atoms with E-state index in [9.17, 15) is 9.59 Å². The van der Waals surface area contributed by atoms with Gasteiger partial charge in [-0.05, 0) is 54.8 Å². The third-order valence-electron chi connectivity index (χ3n) is 4.42. The zero-order valence-corrected chi connectivity index (χ0v) is 15.3. The van der Waals surface area contributed by atoms with Crippen molar-refractivity contribution in [3.8, 4) is 5.75 Å². The molecule has 2 amide bonds. The number of rotatable bonds is 7. The molecule has 0 radical (unpaired) electrons. The van der Waals surface area contributed by atoms with Crippen LogP contribution in [-0.2, 0) is 16.0 Å². The molecule has 5 nitrogen and oxygen atoms in total. The summed E-state index contributed by atoms with van der Waals surface area (Å²) >= 11 is 5.82. The van der Waals surface area contributed by atoms with Crippen LogP contribution in [0.1, 0.15) is 12.0 Å². The van der Waals surface area contributed by atoms with Crippen LogP contribution in [0.25, 0.3) is 0 Å². The Hall–Kier alpha value is -2.53. The summed E-state index contributed by atoms with van der Waals surface area (Å²) in [4.78, 5) is 24.4. The topological polar surface area (TPSA) is 67.4 Å². The quantitative estimate of drug-likeness (QED) is 0.783. The number of nitrogens with one attached hydrogen (secondary N) is 2. The van der Waals surface area contributed by atoms with Crippen molar-refractivity contribution in [2.24, 2.45) is 11.8 Å². The second-order valence-corrected chi connectivity index (χ2v) is 6.77. The highest BCUT2D eigenvalue weighted by Crippen LogP contribution is 2.39. The molecule has 0 heterocycles. The van der Waals surface area contributed by atoms with E-state index in [0.717, 1.165) is 17.7 Å². The number of halogens is 1. The zero-order valence-electron chi connectivity index (χ0n) is 14.5. The van der Waals surface area contributed by atoms with Crippen LogP contribution >= 0.6 is 11.6 Å². The van der Waals surface area contributed by atoms with Crippen LogP contribution < -0.4 is 15.4 Å². The molecule has 1 aliphatic rings. The number of methoxy groups -OCH3 is 1. The van der Waals surface area contributed by atoms with Gasteiger partial charge in [0.25, 0.3) is 0 Å². The van der Waals surface area contributed by atoms with Crippen molar-refractivity contribution in [2.45, 2.75) is 12.8 Å². The highest BCUT2D eigenvalue weighted by molar-refractivity contribution is 6.30. The van der Waals surface area contributed by atoms with Gasteiger partial charge in [-0.3, -0.25) is 9.59 Å². The molecule has 2 aromatic carbocycles. The SMILES string of the molecule is COc1cccc(CCNC(=O)C2CC2C(=O)Nc2ccc(Cl)cc2)c1. The minimum absolute atomic E-state index is 0.0656. The smallest absolute Gasteiger partial charge is 0.228 e. The lowest BCUT2D eigenvalue weighted by Gasteiger charge is -2.07. The molecule has 1 saturated carbocycles. The van der Waals surface area contributed by atoms with Crippen molar-refractivity contribution in [1.29, 1.82) is 0 Å². The molecule has 0 aliphatic heterocycles. The summed E-state index contributed by atoms with van der Waals surface area (Å²) in [5, 5.41) is 6.34. The maximum Gasteiger partial charge on any atom is 0.228 e. The van der Waals surface area contributed by atoms with E-state index in [1.54, 1.807) is 31.4 Å². The van der Waals surface area contributed by atoms with E-state index in [2.05, 4.69) is 10.6 Å². The van der Waals surface area contributed by atoms with Gasteiger partial charge >= 0.3 is 0 Å². The van der Waals surface area contributed by atoms with Crippen LogP contribution in [-0.4, -0.2) is 25.5 Å². The molecule has 26 heavy (non-hydrogen) atoms.